The van der Waals surface area contributed by atoms with Crippen molar-refractivity contribution in [1.29, 1.82) is 0 Å². The topological polar surface area (TPSA) is 68.9 Å². The number of para-hydroxylation sites is 1. The highest BCUT2D eigenvalue weighted by molar-refractivity contribution is 5.90. The molecule has 6 heteroatoms. The molecule has 4 aromatic rings. The number of rotatable bonds is 4. The molecule has 140 valence electrons. The zero-order chi connectivity index (χ0) is 19.7. The van der Waals surface area contributed by atoms with E-state index in [4.69, 9.17) is 0 Å². The van der Waals surface area contributed by atoms with Crippen LogP contribution in [0.15, 0.2) is 71.8 Å². The van der Waals surface area contributed by atoms with Crippen LogP contribution in [0.2, 0.25) is 0 Å². The monoisotopic (exact) mass is 372 g/mol. The van der Waals surface area contributed by atoms with Crippen molar-refractivity contribution in [3.8, 4) is 5.69 Å². The first-order valence-corrected chi connectivity index (χ1v) is 9.02. The van der Waals surface area contributed by atoms with Crippen LogP contribution in [-0.4, -0.2) is 20.0 Å². The minimum atomic E-state index is -0.278. The predicted octanol–water partition coefficient (Wildman–Crippen LogP) is 3.44. The summed E-state index contributed by atoms with van der Waals surface area (Å²) in [6.07, 6.45) is 1.41. The van der Waals surface area contributed by atoms with Gasteiger partial charge in [0.05, 0.1) is 17.2 Å². The first-order valence-electron chi connectivity index (χ1n) is 9.02. The Kier molecular flexibility index (Phi) is 4.53. The molecule has 0 saturated carbocycles. The van der Waals surface area contributed by atoms with E-state index in [-0.39, 0.29) is 18.0 Å². The standard InChI is InChI=1S/C22H20N4O2/c1-15-7-8-16(2)26(15)18-11-9-17(10-12-18)24-21(27)13-25-14-23-20-6-4-3-5-19(20)22(25)28/h3-12,14H,13H2,1-2H3,(H,24,27). The van der Waals surface area contributed by atoms with Crippen molar-refractivity contribution in [2.24, 2.45) is 0 Å². The minimum absolute atomic E-state index is 0.0891. The number of carbonyl (C=O) groups is 1. The summed E-state index contributed by atoms with van der Waals surface area (Å²) in [5, 5.41) is 3.33. The molecule has 0 fully saturated rings. The van der Waals surface area contributed by atoms with Crippen LogP contribution < -0.4 is 10.9 Å². The van der Waals surface area contributed by atoms with Gasteiger partial charge in [0.1, 0.15) is 6.54 Å². The van der Waals surface area contributed by atoms with Crippen molar-refractivity contribution >= 4 is 22.5 Å². The zero-order valence-corrected chi connectivity index (χ0v) is 15.7. The molecule has 2 aromatic heterocycles. The van der Waals surface area contributed by atoms with Gasteiger partial charge in [-0.2, -0.15) is 0 Å². The van der Waals surface area contributed by atoms with Crippen molar-refractivity contribution in [3.63, 3.8) is 0 Å². The smallest absolute Gasteiger partial charge is 0.261 e. The Morgan fingerprint density at radius 3 is 2.36 bits per heavy atom. The third kappa shape index (κ3) is 3.32. The number of anilines is 1. The molecule has 0 unspecified atom stereocenters. The molecule has 0 bridgehead atoms. The molecule has 0 atom stereocenters. The molecule has 28 heavy (non-hydrogen) atoms. The van der Waals surface area contributed by atoms with Crippen LogP contribution in [0, 0.1) is 13.8 Å². The van der Waals surface area contributed by atoms with E-state index >= 15 is 0 Å². The Hall–Kier alpha value is -3.67. The van der Waals surface area contributed by atoms with Gasteiger partial charge in [-0.1, -0.05) is 12.1 Å². The molecular formula is C22H20N4O2. The summed E-state index contributed by atoms with van der Waals surface area (Å²) in [5.41, 5.74) is 4.41. The minimum Gasteiger partial charge on any atom is -0.325 e. The molecule has 1 N–H and O–H groups in total. The summed E-state index contributed by atoms with van der Waals surface area (Å²) in [5.74, 6) is -0.278. The largest absolute Gasteiger partial charge is 0.325 e. The molecule has 2 aromatic carbocycles. The van der Waals surface area contributed by atoms with Crippen LogP contribution >= 0.6 is 0 Å². The maximum Gasteiger partial charge on any atom is 0.261 e. The van der Waals surface area contributed by atoms with Crippen molar-refractivity contribution in [2.75, 3.05) is 5.32 Å². The molecule has 2 heterocycles. The molecule has 0 spiro atoms. The van der Waals surface area contributed by atoms with Crippen molar-refractivity contribution < 1.29 is 4.79 Å². The SMILES string of the molecule is Cc1ccc(C)n1-c1ccc(NC(=O)Cn2cnc3ccccc3c2=O)cc1. The lowest BCUT2D eigenvalue weighted by atomic mass is 10.2. The van der Waals surface area contributed by atoms with Crippen LogP contribution in [0.4, 0.5) is 5.69 Å². The lowest BCUT2D eigenvalue weighted by Gasteiger charge is -2.11. The lowest BCUT2D eigenvalue weighted by molar-refractivity contribution is -0.116. The summed E-state index contributed by atoms with van der Waals surface area (Å²) in [6, 6.07) is 18.9. The quantitative estimate of drug-likeness (QED) is 0.597. The van der Waals surface area contributed by atoms with E-state index in [1.54, 1.807) is 18.2 Å². The number of hydrogen-bond acceptors (Lipinski definition) is 3. The first-order chi connectivity index (χ1) is 13.5. The Balaban J connectivity index is 1.50. The fraction of sp³-hybridized carbons (Fsp3) is 0.136. The summed E-state index contributed by atoms with van der Waals surface area (Å²) in [4.78, 5) is 29.1. The highest BCUT2D eigenvalue weighted by atomic mass is 16.2. The Morgan fingerprint density at radius 2 is 1.64 bits per heavy atom. The van der Waals surface area contributed by atoms with E-state index in [0.717, 1.165) is 17.1 Å². The fourth-order valence-electron chi connectivity index (χ4n) is 3.34. The van der Waals surface area contributed by atoms with Gasteiger partial charge in [0.25, 0.3) is 5.56 Å². The average molecular weight is 372 g/mol. The number of aryl methyl sites for hydroxylation is 2. The van der Waals surface area contributed by atoms with E-state index < -0.39 is 0 Å². The Labute approximate surface area is 162 Å². The normalized spacial score (nSPS) is 10.9. The van der Waals surface area contributed by atoms with Gasteiger partial charge < -0.3 is 9.88 Å². The van der Waals surface area contributed by atoms with Crippen LogP contribution in [0.5, 0.6) is 0 Å². The van der Waals surface area contributed by atoms with Gasteiger partial charge in [0.2, 0.25) is 5.91 Å². The van der Waals surface area contributed by atoms with Gasteiger partial charge in [-0.25, -0.2) is 4.98 Å². The van der Waals surface area contributed by atoms with Crippen molar-refractivity contribution in [2.45, 2.75) is 20.4 Å². The zero-order valence-electron chi connectivity index (χ0n) is 15.7. The van der Waals surface area contributed by atoms with E-state index in [1.165, 1.54) is 10.9 Å². The van der Waals surface area contributed by atoms with Gasteiger partial charge in [-0.05, 0) is 62.4 Å². The summed E-state index contributed by atoms with van der Waals surface area (Å²) in [7, 11) is 0. The number of carbonyl (C=O) groups excluding carboxylic acids is 1. The number of nitrogens with one attached hydrogen (secondary N) is 1. The average Bonchev–Trinajstić information content (AvgIpc) is 3.03. The molecule has 0 radical (unpaired) electrons. The summed E-state index contributed by atoms with van der Waals surface area (Å²) >= 11 is 0. The fourth-order valence-corrected chi connectivity index (χ4v) is 3.34. The molecule has 6 nitrogen and oxygen atoms in total. The molecule has 4 rings (SSSR count). The Morgan fingerprint density at radius 1 is 0.964 bits per heavy atom. The second-order valence-electron chi connectivity index (χ2n) is 6.74. The van der Waals surface area contributed by atoms with Gasteiger partial charge in [-0.15, -0.1) is 0 Å². The van der Waals surface area contributed by atoms with E-state index in [0.29, 0.717) is 16.6 Å². The maximum atomic E-state index is 12.5. The molecule has 0 aliphatic carbocycles. The van der Waals surface area contributed by atoms with Gasteiger partial charge in [0, 0.05) is 22.8 Å². The second kappa shape index (κ2) is 7.15. The highest BCUT2D eigenvalue weighted by Gasteiger charge is 2.09. The third-order valence-corrected chi connectivity index (χ3v) is 4.73. The first kappa shape index (κ1) is 17.7. The lowest BCUT2D eigenvalue weighted by Crippen LogP contribution is -2.27. The number of benzene rings is 2. The van der Waals surface area contributed by atoms with Crippen LogP contribution in [-0.2, 0) is 11.3 Å². The number of hydrogen-bond donors (Lipinski definition) is 1. The van der Waals surface area contributed by atoms with Gasteiger partial charge in [-0.3, -0.25) is 14.2 Å². The Bertz CT molecular complexity index is 1200. The molecular weight excluding hydrogens is 352 g/mol. The summed E-state index contributed by atoms with van der Waals surface area (Å²) in [6.45, 7) is 4.02. The van der Waals surface area contributed by atoms with Crippen LogP contribution in [0.3, 0.4) is 0 Å². The van der Waals surface area contributed by atoms with Crippen molar-refractivity contribution in [3.05, 3.63) is 88.7 Å². The van der Waals surface area contributed by atoms with Crippen LogP contribution in [0.1, 0.15) is 11.4 Å². The summed E-state index contributed by atoms with van der Waals surface area (Å²) < 4.78 is 3.46. The van der Waals surface area contributed by atoms with E-state index in [1.807, 2.05) is 30.3 Å². The van der Waals surface area contributed by atoms with E-state index in [9.17, 15) is 9.59 Å². The van der Waals surface area contributed by atoms with Gasteiger partial charge in [0.15, 0.2) is 0 Å². The molecule has 0 aliphatic heterocycles. The van der Waals surface area contributed by atoms with Crippen LogP contribution in [0.25, 0.3) is 16.6 Å². The third-order valence-electron chi connectivity index (χ3n) is 4.73. The van der Waals surface area contributed by atoms with Gasteiger partial charge >= 0.3 is 0 Å². The molecule has 0 saturated heterocycles. The highest BCUT2D eigenvalue weighted by Crippen LogP contribution is 2.18. The molecule has 0 aliphatic rings. The maximum absolute atomic E-state index is 12.5. The number of fused-ring (bicyclic) bond motifs is 1. The molecule has 1 amide bonds. The van der Waals surface area contributed by atoms with Crippen molar-refractivity contribution in [1.82, 2.24) is 14.1 Å². The predicted molar refractivity (Wildman–Crippen MR) is 110 cm³/mol. The number of aromatic nitrogens is 3. The second-order valence-corrected chi connectivity index (χ2v) is 6.74. The number of amides is 1. The number of nitrogens with zero attached hydrogens (tertiary/aromatic N) is 3. The van der Waals surface area contributed by atoms with E-state index in [2.05, 4.69) is 40.8 Å².